The summed E-state index contributed by atoms with van der Waals surface area (Å²) >= 11 is 0. The van der Waals surface area contributed by atoms with E-state index in [0.717, 1.165) is 12.3 Å². The SMILES string of the molecule is CCc1cccc(C)c1NC1CCC(C(C)(C)C)CC1. The number of para-hydroxylation sites is 1. The highest BCUT2D eigenvalue weighted by Crippen LogP contribution is 2.38. The lowest BCUT2D eigenvalue weighted by Crippen LogP contribution is -2.32. The molecule has 112 valence electrons. The first kappa shape index (κ1) is 15.4. The zero-order valence-electron chi connectivity index (χ0n) is 13.9. The highest BCUT2D eigenvalue weighted by Gasteiger charge is 2.29. The molecule has 20 heavy (non-hydrogen) atoms. The highest BCUT2D eigenvalue weighted by molar-refractivity contribution is 5.57. The molecule has 0 spiro atoms. The molecule has 1 heteroatoms. The van der Waals surface area contributed by atoms with Crippen LogP contribution in [0, 0.1) is 18.3 Å². The van der Waals surface area contributed by atoms with Crippen molar-refractivity contribution in [1.82, 2.24) is 0 Å². The van der Waals surface area contributed by atoms with Crippen LogP contribution in [0.15, 0.2) is 18.2 Å². The van der Waals surface area contributed by atoms with Gasteiger partial charge in [0.25, 0.3) is 0 Å². The van der Waals surface area contributed by atoms with Gasteiger partial charge in [0.1, 0.15) is 0 Å². The summed E-state index contributed by atoms with van der Waals surface area (Å²) in [4.78, 5) is 0. The largest absolute Gasteiger partial charge is 0.382 e. The van der Waals surface area contributed by atoms with Crippen molar-refractivity contribution < 1.29 is 0 Å². The van der Waals surface area contributed by atoms with Gasteiger partial charge in [-0.1, -0.05) is 45.9 Å². The number of anilines is 1. The van der Waals surface area contributed by atoms with E-state index in [9.17, 15) is 0 Å². The molecule has 0 saturated heterocycles. The van der Waals surface area contributed by atoms with E-state index in [4.69, 9.17) is 0 Å². The average Bonchev–Trinajstić information content (AvgIpc) is 2.40. The second-order valence-electron chi connectivity index (χ2n) is 7.52. The Hall–Kier alpha value is -0.980. The minimum atomic E-state index is 0.474. The maximum Gasteiger partial charge on any atom is 0.0404 e. The first-order chi connectivity index (χ1) is 9.41. The zero-order valence-corrected chi connectivity index (χ0v) is 13.9. The molecule has 0 aliphatic heterocycles. The molecule has 0 atom stereocenters. The fourth-order valence-corrected chi connectivity index (χ4v) is 3.54. The smallest absolute Gasteiger partial charge is 0.0404 e. The lowest BCUT2D eigenvalue weighted by molar-refractivity contribution is 0.173. The van der Waals surface area contributed by atoms with Gasteiger partial charge in [0.2, 0.25) is 0 Å². The zero-order chi connectivity index (χ0) is 14.8. The summed E-state index contributed by atoms with van der Waals surface area (Å²) in [6.45, 7) is 11.6. The first-order valence-electron chi connectivity index (χ1n) is 8.27. The molecule has 1 saturated carbocycles. The average molecular weight is 273 g/mol. The normalized spacial score (nSPS) is 23.6. The topological polar surface area (TPSA) is 12.0 Å². The van der Waals surface area contributed by atoms with Crippen LogP contribution in [-0.4, -0.2) is 6.04 Å². The van der Waals surface area contributed by atoms with Crippen molar-refractivity contribution in [2.75, 3.05) is 5.32 Å². The van der Waals surface area contributed by atoms with Gasteiger partial charge in [0, 0.05) is 11.7 Å². The quantitative estimate of drug-likeness (QED) is 0.758. The molecule has 0 bridgehead atoms. The van der Waals surface area contributed by atoms with Gasteiger partial charge in [0.05, 0.1) is 0 Å². The van der Waals surface area contributed by atoms with E-state index in [2.05, 4.69) is 58.1 Å². The summed E-state index contributed by atoms with van der Waals surface area (Å²) in [5.74, 6) is 0.892. The molecule has 0 unspecified atom stereocenters. The van der Waals surface area contributed by atoms with Crippen molar-refractivity contribution in [3.05, 3.63) is 29.3 Å². The van der Waals surface area contributed by atoms with Crippen molar-refractivity contribution in [3.63, 3.8) is 0 Å². The van der Waals surface area contributed by atoms with E-state index in [-0.39, 0.29) is 0 Å². The fourth-order valence-electron chi connectivity index (χ4n) is 3.54. The third-order valence-corrected chi connectivity index (χ3v) is 5.04. The Morgan fingerprint density at radius 1 is 1.10 bits per heavy atom. The van der Waals surface area contributed by atoms with Gasteiger partial charge in [0.15, 0.2) is 0 Å². The van der Waals surface area contributed by atoms with E-state index < -0.39 is 0 Å². The van der Waals surface area contributed by atoms with Crippen molar-refractivity contribution in [2.45, 2.75) is 72.8 Å². The molecule has 0 radical (unpaired) electrons. The van der Waals surface area contributed by atoms with Crippen molar-refractivity contribution in [1.29, 1.82) is 0 Å². The standard InChI is InChI=1S/C19H31N/c1-6-15-9-7-8-14(2)18(15)20-17-12-10-16(11-13-17)19(3,4)5/h7-9,16-17,20H,6,10-13H2,1-5H3. The summed E-state index contributed by atoms with van der Waals surface area (Å²) in [5.41, 5.74) is 4.72. The van der Waals surface area contributed by atoms with Crippen LogP contribution in [0.4, 0.5) is 5.69 Å². The predicted octanol–water partition coefficient (Wildman–Crippen LogP) is 5.57. The van der Waals surface area contributed by atoms with Crippen LogP contribution in [0.25, 0.3) is 0 Å². The summed E-state index contributed by atoms with van der Waals surface area (Å²) in [6.07, 6.45) is 6.49. The summed E-state index contributed by atoms with van der Waals surface area (Å²) in [7, 11) is 0. The molecular weight excluding hydrogens is 242 g/mol. The van der Waals surface area contributed by atoms with E-state index >= 15 is 0 Å². The lowest BCUT2D eigenvalue weighted by atomic mass is 9.71. The number of benzene rings is 1. The van der Waals surface area contributed by atoms with E-state index in [1.54, 1.807) is 0 Å². The van der Waals surface area contributed by atoms with Crippen LogP contribution in [0.1, 0.15) is 64.5 Å². The van der Waals surface area contributed by atoms with Crippen LogP contribution >= 0.6 is 0 Å². The second kappa shape index (κ2) is 6.20. The molecule has 1 aliphatic carbocycles. The van der Waals surface area contributed by atoms with Crippen LogP contribution in [0.3, 0.4) is 0 Å². The van der Waals surface area contributed by atoms with Crippen LogP contribution in [-0.2, 0) is 6.42 Å². The predicted molar refractivity (Wildman–Crippen MR) is 89.4 cm³/mol. The Bertz CT molecular complexity index is 434. The third kappa shape index (κ3) is 3.56. The number of aryl methyl sites for hydroxylation is 2. The number of rotatable bonds is 3. The van der Waals surface area contributed by atoms with Crippen molar-refractivity contribution in [3.8, 4) is 0 Å². The minimum Gasteiger partial charge on any atom is -0.382 e. The molecule has 0 amide bonds. The Balaban J connectivity index is 2.00. The number of nitrogens with one attached hydrogen (secondary N) is 1. The fraction of sp³-hybridized carbons (Fsp3) is 0.684. The maximum atomic E-state index is 3.84. The molecule has 1 N–H and O–H groups in total. The lowest BCUT2D eigenvalue weighted by Gasteiger charge is -2.37. The summed E-state index contributed by atoms with van der Waals surface area (Å²) in [5, 5.41) is 3.84. The Labute approximate surface area is 125 Å². The van der Waals surface area contributed by atoms with Crippen LogP contribution < -0.4 is 5.32 Å². The summed E-state index contributed by atoms with van der Waals surface area (Å²) in [6, 6.07) is 7.33. The van der Waals surface area contributed by atoms with E-state index in [1.807, 2.05) is 0 Å². The van der Waals surface area contributed by atoms with Gasteiger partial charge in [-0.05, 0) is 61.5 Å². The molecule has 1 fully saturated rings. The highest BCUT2D eigenvalue weighted by atomic mass is 14.9. The molecule has 1 aliphatic rings. The molecule has 0 heterocycles. The minimum absolute atomic E-state index is 0.474. The Morgan fingerprint density at radius 3 is 2.30 bits per heavy atom. The van der Waals surface area contributed by atoms with Gasteiger partial charge >= 0.3 is 0 Å². The van der Waals surface area contributed by atoms with E-state index in [0.29, 0.717) is 11.5 Å². The van der Waals surface area contributed by atoms with Gasteiger partial charge in [-0.2, -0.15) is 0 Å². The van der Waals surface area contributed by atoms with Crippen molar-refractivity contribution in [2.24, 2.45) is 11.3 Å². The molecule has 1 nitrogen and oxygen atoms in total. The Kier molecular flexibility index (Phi) is 4.78. The summed E-state index contributed by atoms with van der Waals surface area (Å²) < 4.78 is 0. The molecule has 2 rings (SSSR count). The number of hydrogen-bond donors (Lipinski definition) is 1. The van der Waals surface area contributed by atoms with Gasteiger partial charge in [-0.25, -0.2) is 0 Å². The number of hydrogen-bond acceptors (Lipinski definition) is 1. The molecule has 1 aromatic rings. The van der Waals surface area contributed by atoms with Gasteiger partial charge in [-0.3, -0.25) is 0 Å². The van der Waals surface area contributed by atoms with Crippen LogP contribution in [0.5, 0.6) is 0 Å². The molecule has 1 aromatic carbocycles. The Morgan fingerprint density at radius 2 is 1.75 bits per heavy atom. The first-order valence-corrected chi connectivity index (χ1v) is 8.27. The molecular formula is C19H31N. The van der Waals surface area contributed by atoms with Crippen LogP contribution in [0.2, 0.25) is 0 Å². The van der Waals surface area contributed by atoms with E-state index in [1.165, 1.54) is 42.5 Å². The van der Waals surface area contributed by atoms with Crippen molar-refractivity contribution >= 4 is 5.69 Å². The van der Waals surface area contributed by atoms with Gasteiger partial charge < -0.3 is 5.32 Å². The van der Waals surface area contributed by atoms with Gasteiger partial charge in [-0.15, -0.1) is 0 Å². The monoisotopic (exact) mass is 273 g/mol. The third-order valence-electron chi connectivity index (χ3n) is 5.04. The molecule has 0 aromatic heterocycles. The maximum absolute atomic E-state index is 3.84. The second-order valence-corrected chi connectivity index (χ2v) is 7.52.